The topological polar surface area (TPSA) is 94.0 Å². The molecule has 0 fully saturated rings. The Labute approximate surface area is 187 Å². The number of hydrogen-bond acceptors (Lipinski definition) is 6. The lowest BCUT2D eigenvalue weighted by atomic mass is 10.1. The van der Waals surface area contributed by atoms with E-state index in [0.29, 0.717) is 40.4 Å². The largest absolute Gasteiger partial charge is 0.494 e. The third-order valence-electron chi connectivity index (χ3n) is 4.54. The van der Waals surface area contributed by atoms with Gasteiger partial charge in [-0.15, -0.1) is 0 Å². The maximum absolute atomic E-state index is 13.5. The molecule has 4 rings (SSSR count). The molecule has 2 aromatic heterocycles. The number of benzene rings is 2. The molecule has 0 aliphatic rings. The van der Waals surface area contributed by atoms with E-state index in [0.717, 1.165) is 0 Å². The second-order valence-corrected chi connectivity index (χ2v) is 7.10. The van der Waals surface area contributed by atoms with Gasteiger partial charge in [0.1, 0.15) is 23.7 Å². The van der Waals surface area contributed by atoms with E-state index in [2.05, 4.69) is 25.6 Å². The van der Waals surface area contributed by atoms with Gasteiger partial charge in [0.2, 0.25) is 5.91 Å². The number of nitrogens with zero attached hydrogens (tertiary/aromatic N) is 4. The number of carbonyl (C=O) groups is 1. The molecule has 162 valence electrons. The summed E-state index contributed by atoms with van der Waals surface area (Å²) in [4.78, 5) is 24.9. The predicted molar refractivity (Wildman–Crippen MR) is 121 cm³/mol. The van der Waals surface area contributed by atoms with Crippen molar-refractivity contribution in [3.63, 3.8) is 0 Å². The Morgan fingerprint density at radius 1 is 1.28 bits per heavy atom. The number of ether oxygens (including phenoxy) is 1. The summed E-state index contributed by atoms with van der Waals surface area (Å²) >= 11 is 5.87. The van der Waals surface area contributed by atoms with Crippen LogP contribution in [0, 0.1) is 5.82 Å². The van der Waals surface area contributed by atoms with E-state index in [9.17, 15) is 9.18 Å². The van der Waals surface area contributed by atoms with Crippen molar-refractivity contribution >= 4 is 45.6 Å². The van der Waals surface area contributed by atoms with Gasteiger partial charge in [-0.2, -0.15) is 0 Å². The molecular weight excluding hydrogens is 435 g/mol. The summed E-state index contributed by atoms with van der Waals surface area (Å²) in [5.41, 5.74) is 1.61. The van der Waals surface area contributed by atoms with Crippen molar-refractivity contribution in [2.75, 3.05) is 17.7 Å². The van der Waals surface area contributed by atoms with E-state index in [1.54, 1.807) is 43.0 Å². The zero-order chi connectivity index (χ0) is 22.5. The highest BCUT2D eigenvalue weighted by Crippen LogP contribution is 2.33. The number of hydrogen-bond donors (Lipinski definition) is 2. The molecule has 0 atom stereocenters. The molecule has 0 spiro atoms. The number of nitrogens with one attached hydrogen (secondary N) is 2. The molecule has 0 bridgehead atoms. The molecule has 0 aliphatic carbocycles. The third kappa shape index (κ3) is 4.84. The van der Waals surface area contributed by atoms with E-state index in [4.69, 9.17) is 16.3 Å². The van der Waals surface area contributed by atoms with Crippen LogP contribution in [0.15, 0.2) is 67.5 Å². The number of aromatic nitrogens is 4. The van der Waals surface area contributed by atoms with E-state index in [1.807, 2.05) is 4.57 Å². The van der Waals surface area contributed by atoms with E-state index in [-0.39, 0.29) is 10.9 Å². The molecule has 0 aliphatic heterocycles. The average molecular weight is 453 g/mol. The molecular formula is C22H18ClFN6O2. The van der Waals surface area contributed by atoms with E-state index < -0.39 is 5.82 Å². The van der Waals surface area contributed by atoms with Crippen molar-refractivity contribution in [3.8, 4) is 5.75 Å². The highest BCUT2D eigenvalue weighted by atomic mass is 35.5. The molecule has 0 saturated heterocycles. The molecule has 0 radical (unpaired) electrons. The summed E-state index contributed by atoms with van der Waals surface area (Å²) in [5, 5.41) is 6.54. The van der Waals surface area contributed by atoms with Crippen LogP contribution in [-0.4, -0.2) is 32.5 Å². The van der Waals surface area contributed by atoms with Gasteiger partial charge in [0.05, 0.1) is 29.7 Å². The van der Waals surface area contributed by atoms with Crippen molar-refractivity contribution in [1.82, 2.24) is 19.5 Å². The highest BCUT2D eigenvalue weighted by Gasteiger charge is 2.13. The van der Waals surface area contributed by atoms with Crippen LogP contribution in [-0.2, 0) is 11.3 Å². The Hall–Kier alpha value is -3.98. The Bertz CT molecular complexity index is 1290. The first-order valence-electron chi connectivity index (χ1n) is 9.51. The molecule has 32 heavy (non-hydrogen) atoms. The second-order valence-electron chi connectivity index (χ2n) is 6.70. The first-order chi connectivity index (χ1) is 15.5. The van der Waals surface area contributed by atoms with Gasteiger partial charge in [-0.1, -0.05) is 17.7 Å². The number of allylic oxidation sites excluding steroid dienone is 1. The smallest absolute Gasteiger partial charge is 0.248 e. The number of fused-ring (bicyclic) bond motifs is 1. The van der Waals surface area contributed by atoms with Crippen LogP contribution >= 0.6 is 11.6 Å². The zero-order valence-corrected chi connectivity index (χ0v) is 17.7. The fourth-order valence-electron chi connectivity index (χ4n) is 3.01. The molecule has 0 saturated carbocycles. The van der Waals surface area contributed by atoms with Crippen LogP contribution in [0.25, 0.3) is 10.9 Å². The molecule has 8 nitrogen and oxygen atoms in total. The minimum absolute atomic E-state index is 0.00883. The minimum atomic E-state index is -0.513. The summed E-state index contributed by atoms with van der Waals surface area (Å²) < 4.78 is 20.7. The van der Waals surface area contributed by atoms with Gasteiger partial charge in [-0.25, -0.2) is 19.3 Å². The van der Waals surface area contributed by atoms with Crippen LogP contribution in [0.1, 0.15) is 0 Å². The molecule has 4 aromatic rings. The summed E-state index contributed by atoms with van der Waals surface area (Å²) in [6, 6.07) is 7.68. The molecule has 1 amide bonds. The summed E-state index contributed by atoms with van der Waals surface area (Å²) in [6.45, 7) is 0.518. The molecule has 0 unspecified atom stereocenters. The number of amides is 1. The van der Waals surface area contributed by atoms with Gasteiger partial charge in [-0.3, -0.25) is 4.79 Å². The van der Waals surface area contributed by atoms with Crippen LogP contribution in [0.3, 0.4) is 0 Å². The molecule has 2 N–H and O–H groups in total. The van der Waals surface area contributed by atoms with Crippen molar-refractivity contribution < 1.29 is 13.9 Å². The Morgan fingerprint density at radius 3 is 2.91 bits per heavy atom. The van der Waals surface area contributed by atoms with Crippen LogP contribution in [0.4, 0.5) is 21.6 Å². The quantitative estimate of drug-likeness (QED) is 0.399. The predicted octanol–water partition coefficient (Wildman–Crippen LogP) is 4.57. The zero-order valence-electron chi connectivity index (χ0n) is 16.9. The number of carbonyl (C=O) groups excluding carboxylic acids is 1. The average Bonchev–Trinajstić information content (AvgIpc) is 3.30. The third-order valence-corrected chi connectivity index (χ3v) is 4.83. The minimum Gasteiger partial charge on any atom is -0.494 e. The van der Waals surface area contributed by atoms with Crippen LogP contribution in [0.5, 0.6) is 5.75 Å². The molecule has 2 heterocycles. The van der Waals surface area contributed by atoms with Crippen LogP contribution in [0.2, 0.25) is 5.02 Å². The first-order valence-corrected chi connectivity index (χ1v) is 9.89. The van der Waals surface area contributed by atoms with Gasteiger partial charge in [0.15, 0.2) is 0 Å². The monoisotopic (exact) mass is 452 g/mol. The number of rotatable bonds is 7. The Morgan fingerprint density at radius 2 is 2.16 bits per heavy atom. The SMILES string of the molecule is COc1cc2ncnc(Nc3ccc(F)c(Cl)c3)c2cc1NC(=O)/C=C/Cn1ccnc1. The van der Waals surface area contributed by atoms with Crippen molar-refractivity contribution in [3.05, 3.63) is 78.4 Å². The Balaban J connectivity index is 1.60. The Kier molecular flexibility index (Phi) is 6.27. The lowest BCUT2D eigenvalue weighted by Crippen LogP contribution is -2.10. The van der Waals surface area contributed by atoms with Crippen molar-refractivity contribution in [2.24, 2.45) is 0 Å². The number of anilines is 3. The van der Waals surface area contributed by atoms with Crippen LogP contribution < -0.4 is 15.4 Å². The standard InChI is InChI=1S/C22H18ClFN6O2/c1-32-20-11-18-15(10-19(20)29-21(31)3-2-7-30-8-6-25-13-30)22(27-12-26-18)28-14-4-5-17(24)16(23)9-14/h2-6,8-13H,7H2,1H3,(H,29,31)(H,26,27,28)/b3-2+. The summed E-state index contributed by atoms with van der Waals surface area (Å²) in [6.07, 6.45) is 9.69. The summed E-state index contributed by atoms with van der Waals surface area (Å²) in [7, 11) is 1.51. The molecule has 10 heteroatoms. The van der Waals surface area contributed by atoms with Gasteiger partial charge in [-0.05, 0) is 24.3 Å². The number of halogens is 2. The van der Waals surface area contributed by atoms with Gasteiger partial charge in [0.25, 0.3) is 0 Å². The molecule has 2 aromatic carbocycles. The number of imidazole rings is 1. The lowest BCUT2D eigenvalue weighted by molar-refractivity contribution is -0.111. The fraction of sp³-hybridized carbons (Fsp3) is 0.0909. The van der Waals surface area contributed by atoms with Gasteiger partial charge < -0.3 is 19.9 Å². The second kappa shape index (κ2) is 9.44. The lowest BCUT2D eigenvalue weighted by Gasteiger charge is -2.13. The maximum atomic E-state index is 13.5. The highest BCUT2D eigenvalue weighted by molar-refractivity contribution is 6.31. The summed E-state index contributed by atoms with van der Waals surface area (Å²) in [5.74, 6) is 0.0786. The first kappa shape index (κ1) is 21.3. The van der Waals surface area contributed by atoms with Gasteiger partial charge >= 0.3 is 0 Å². The van der Waals surface area contributed by atoms with Crippen molar-refractivity contribution in [1.29, 1.82) is 0 Å². The van der Waals surface area contributed by atoms with E-state index >= 15 is 0 Å². The normalized spacial score (nSPS) is 11.1. The fourth-order valence-corrected chi connectivity index (χ4v) is 3.19. The number of methoxy groups -OCH3 is 1. The van der Waals surface area contributed by atoms with Crippen molar-refractivity contribution in [2.45, 2.75) is 6.54 Å². The van der Waals surface area contributed by atoms with E-state index in [1.165, 1.54) is 31.6 Å². The van der Waals surface area contributed by atoms with Gasteiger partial charge in [0, 0.05) is 42.2 Å². The maximum Gasteiger partial charge on any atom is 0.248 e.